The van der Waals surface area contributed by atoms with Crippen molar-refractivity contribution in [2.75, 3.05) is 0 Å². The van der Waals surface area contributed by atoms with Gasteiger partial charge in [-0.2, -0.15) is 0 Å². The van der Waals surface area contributed by atoms with Crippen LogP contribution in [0.15, 0.2) is 393 Å². The summed E-state index contributed by atoms with van der Waals surface area (Å²) in [5.74, 6) is 2.61. The van der Waals surface area contributed by atoms with Crippen LogP contribution in [0.1, 0.15) is 0 Å². The van der Waals surface area contributed by atoms with Gasteiger partial charge >= 0.3 is 0 Å². The van der Waals surface area contributed by atoms with E-state index in [-0.39, 0.29) is 0 Å². The predicted molar refractivity (Wildman–Crippen MR) is 473 cm³/mol. The Morgan fingerprint density at radius 2 is 0.681 bits per heavy atom. The van der Waals surface area contributed by atoms with E-state index in [0.717, 1.165) is 189 Å². The second kappa shape index (κ2) is 27.0. The molecule has 0 saturated carbocycles. The van der Waals surface area contributed by atoms with Crippen molar-refractivity contribution in [1.82, 2.24) is 48.6 Å². The molecule has 0 unspecified atom stereocenters. The highest BCUT2D eigenvalue weighted by Gasteiger charge is 2.28. The maximum Gasteiger partial charge on any atom is 0.237 e. The number of imidazole rings is 1. The lowest BCUT2D eigenvalue weighted by atomic mass is 9.96. The SMILES string of the molecule is c1ccc(-c2nc(-c3ccccc3)c3c4cc(-c5cccc6ccccc56)ccc4n(-c4cccc(-n5c(-c6ccccc6)nc6cc(-c7ccc8oc9c(-c%10ccc(-c%11ccc%12c(c%11)c%11c(-c%13ccccc%13)nc(-c%13ccccc%13)nc%11n%12-c%11nc(-c%12ccccc%12)c%12ccccc%12n%11)cc%10)cccc9c8c7)ccc65)c4)c3n2)cc1. The van der Waals surface area contributed by atoms with E-state index < -0.39 is 0 Å². The lowest BCUT2D eigenvalue weighted by Crippen LogP contribution is -2.05. The summed E-state index contributed by atoms with van der Waals surface area (Å²) in [5.41, 5.74) is 26.5. The number of hydrogen-bond acceptors (Lipinski definition) is 8. The van der Waals surface area contributed by atoms with Crippen molar-refractivity contribution in [2.45, 2.75) is 0 Å². The molecule has 0 N–H and O–H groups in total. The smallest absolute Gasteiger partial charge is 0.237 e. The molecule has 7 heterocycles. The van der Waals surface area contributed by atoms with Gasteiger partial charge < -0.3 is 4.42 Å². The molecular weight excluding hydrogens is 1420 g/mol. The molecule has 23 rings (SSSR count). The molecule has 0 saturated heterocycles. The quantitative estimate of drug-likeness (QED) is 0.112. The topological polar surface area (TPSA) is 118 Å². The summed E-state index contributed by atoms with van der Waals surface area (Å²) in [6.45, 7) is 0. The van der Waals surface area contributed by atoms with Gasteiger partial charge in [0.15, 0.2) is 17.3 Å². The minimum Gasteiger partial charge on any atom is -0.455 e. The largest absolute Gasteiger partial charge is 0.455 e. The van der Waals surface area contributed by atoms with Gasteiger partial charge in [-0.3, -0.25) is 13.7 Å². The highest BCUT2D eigenvalue weighted by Crippen LogP contribution is 2.46. The highest BCUT2D eigenvalue weighted by molar-refractivity contribution is 6.18. The molecule has 0 aliphatic rings. The molecule has 0 aliphatic carbocycles. The van der Waals surface area contributed by atoms with Crippen molar-refractivity contribution in [3.8, 4) is 130 Å². The van der Waals surface area contributed by atoms with E-state index in [9.17, 15) is 0 Å². The van der Waals surface area contributed by atoms with E-state index in [1.54, 1.807) is 0 Å². The first-order valence-corrected chi connectivity index (χ1v) is 39.0. The monoisotopic (exact) mass is 1480 g/mol. The average molecular weight is 1480 g/mol. The minimum atomic E-state index is 0.521. The molecule has 116 heavy (non-hydrogen) atoms. The third kappa shape index (κ3) is 11.0. The Hall–Kier alpha value is -15.9. The first-order valence-electron chi connectivity index (χ1n) is 39.0. The Labute approximate surface area is 665 Å². The third-order valence-corrected chi connectivity index (χ3v) is 22.7. The standard InChI is InChI=1S/C105H64N10O/c1-7-27-68(28-8-1)96-84-43-21-22-47-88(84)107-105(110-96)115-91-56-52-74(61-86(91)95-98(70-31-11-3-12-32-70)109-101(112-104(95)115)72-35-15-5-16-36-72)65-48-50-67(51-49-65)82-45-25-46-83-85-60-75(55-59-93(85)116-99(82)83)76-53-58-92-89(63-76)106-102(73-37-17-6-18-38-73)114(92)79-41-24-40-78(64-79)113-90-57-54-77(81-44-23-39-66-26-19-20-42-80(66)81)62-87(90)94-97(69-29-9-2-10-30-69)108-100(111-103(94)113)71-33-13-4-14-34-71/h1-64H. The fraction of sp³-hybridized carbons (Fsp3) is 0. The van der Waals surface area contributed by atoms with Crippen LogP contribution in [-0.2, 0) is 0 Å². The van der Waals surface area contributed by atoms with Gasteiger partial charge in [0.05, 0.1) is 55.4 Å². The predicted octanol–water partition coefficient (Wildman–Crippen LogP) is 26.5. The van der Waals surface area contributed by atoms with Gasteiger partial charge in [-0.15, -0.1) is 0 Å². The van der Waals surface area contributed by atoms with Gasteiger partial charge in [0, 0.05) is 77.3 Å². The fourth-order valence-corrected chi connectivity index (χ4v) is 17.2. The van der Waals surface area contributed by atoms with Crippen molar-refractivity contribution < 1.29 is 4.42 Å². The number of benzene rings is 16. The van der Waals surface area contributed by atoms with Crippen molar-refractivity contribution in [1.29, 1.82) is 0 Å². The van der Waals surface area contributed by atoms with E-state index in [4.69, 9.17) is 39.3 Å². The molecule has 0 atom stereocenters. The molecule has 23 aromatic rings. The number of hydrogen-bond donors (Lipinski definition) is 0. The lowest BCUT2D eigenvalue weighted by molar-refractivity contribution is 0.670. The number of nitrogens with zero attached hydrogens (tertiary/aromatic N) is 10. The number of fused-ring (bicyclic) bond motifs is 12. The van der Waals surface area contributed by atoms with E-state index >= 15 is 0 Å². The Bertz CT molecular complexity index is 7850. The maximum absolute atomic E-state index is 6.92. The molecule has 7 aromatic heterocycles. The summed E-state index contributed by atoms with van der Waals surface area (Å²) in [6.07, 6.45) is 0. The van der Waals surface area contributed by atoms with E-state index in [1.165, 1.54) is 16.3 Å². The van der Waals surface area contributed by atoms with Crippen LogP contribution in [0.4, 0.5) is 0 Å². The first-order chi connectivity index (χ1) is 57.5. The van der Waals surface area contributed by atoms with Crippen LogP contribution >= 0.6 is 0 Å². The van der Waals surface area contributed by atoms with Gasteiger partial charge in [-0.1, -0.05) is 315 Å². The molecule has 0 spiro atoms. The number of para-hydroxylation sites is 2. The van der Waals surface area contributed by atoms with Gasteiger partial charge in [-0.05, 0) is 123 Å². The summed E-state index contributed by atoms with van der Waals surface area (Å²) in [6, 6.07) is 136. The van der Waals surface area contributed by atoms with Crippen LogP contribution in [0.3, 0.4) is 0 Å². The van der Waals surface area contributed by atoms with Crippen molar-refractivity contribution in [2.24, 2.45) is 0 Å². The zero-order valence-corrected chi connectivity index (χ0v) is 62.3. The van der Waals surface area contributed by atoms with Crippen LogP contribution in [-0.4, -0.2) is 48.6 Å². The molecule has 0 bridgehead atoms. The van der Waals surface area contributed by atoms with Crippen LogP contribution in [0.2, 0.25) is 0 Å². The Balaban J connectivity index is 0.616. The molecule has 0 radical (unpaired) electrons. The average Bonchev–Trinajstić information content (AvgIpc) is 1.57. The number of rotatable bonds is 13. The molecule has 0 aliphatic heterocycles. The molecule has 16 aromatic carbocycles. The summed E-state index contributed by atoms with van der Waals surface area (Å²) >= 11 is 0. The molecule has 11 nitrogen and oxygen atoms in total. The Kier molecular flexibility index (Phi) is 15.3. The Morgan fingerprint density at radius 3 is 1.34 bits per heavy atom. The number of aromatic nitrogens is 10. The van der Waals surface area contributed by atoms with E-state index in [1.807, 2.05) is 60.7 Å². The van der Waals surface area contributed by atoms with Crippen molar-refractivity contribution in [3.05, 3.63) is 388 Å². The molecule has 0 fully saturated rings. The molecular formula is C105H64N10O. The summed E-state index contributed by atoms with van der Waals surface area (Å²) in [7, 11) is 0. The minimum absolute atomic E-state index is 0.521. The van der Waals surface area contributed by atoms with Crippen molar-refractivity contribution in [3.63, 3.8) is 0 Å². The lowest BCUT2D eigenvalue weighted by Gasteiger charge is -2.14. The summed E-state index contributed by atoms with van der Waals surface area (Å²) in [5, 5.41) is 9.35. The third-order valence-electron chi connectivity index (χ3n) is 22.7. The van der Waals surface area contributed by atoms with Crippen molar-refractivity contribution >= 4 is 98.5 Å². The van der Waals surface area contributed by atoms with Gasteiger partial charge in [0.1, 0.15) is 22.6 Å². The normalized spacial score (nSPS) is 11.8. The van der Waals surface area contributed by atoms with E-state index in [2.05, 4.69) is 341 Å². The van der Waals surface area contributed by atoms with Gasteiger partial charge in [0.2, 0.25) is 5.95 Å². The highest BCUT2D eigenvalue weighted by atomic mass is 16.3. The van der Waals surface area contributed by atoms with E-state index in [0.29, 0.717) is 23.2 Å². The molecule has 540 valence electrons. The first kappa shape index (κ1) is 66.0. The Morgan fingerprint density at radius 1 is 0.224 bits per heavy atom. The summed E-state index contributed by atoms with van der Waals surface area (Å²) in [4.78, 5) is 38.3. The zero-order valence-electron chi connectivity index (χ0n) is 62.3. The maximum atomic E-state index is 6.92. The molecule has 0 amide bonds. The zero-order chi connectivity index (χ0) is 76.3. The second-order valence-corrected chi connectivity index (χ2v) is 29.5. The van der Waals surface area contributed by atoms with Gasteiger partial charge in [0.25, 0.3) is 0 Å². The second-order valence-electron chi connectivity index (χ2n) is 29.5. The summed E-state index contributed by atoms with van der Waals surface area (Å²) < 4.78 is 13.7. The van der Waals surface area contributed by atoms with Crippen LogP contribution < -0.4 is 0 Å². The van der Waals surface area contributed by atoms with Gasteiger partial charge in [-0.25, -0.2) is 34.9 Å². The van der Waals surface area contributed by atoms with Crippen LogP contribution in [0, 0.1) is 0 Å². The fourth-order valence-electron chi connectivity index (χ4n) is 17.2. The number of furan rings is 1. The van der Waals surface area contributed by atoms with Crippen LogP contribution in [0.25, 0.3) is 228 Å². The van der Waals surface area contributed by atoms with Crippen LogP contribution in [0.5, 0.6) is 0 Å². The molecule has 11 heteroatoms.